The molecule has 226 valence electrons. The van der Waals surface area contributed by atoms with Gasteiger partial charge in [0.15, 0.2) is 0 Å². The molecule has 0 aliphatic rings. The molecule has 0 aliphatic heterocycles. The Bertz CT molecular complexity index is 2540. The number of rotatable bonds is 6. The summed E-state index contributed by atoms with van der Waals surface area (Å²) in [6.45, 7) is 0. The first-order chi connectivity index (χ1) is 23.8. The molecule has 1 heterocycles. The molecule has 0 saturated heterocycles. The normalized spacial score (nSPS) is 12.1. The van der Waals surface area contributed by atoms with Gasteiger partial charge in [0.1, 0.15) is 0 Å². The van der Waals surface area contributed by atoms with Crippen molar-refractivity contribution in [2.24, 2.45) is 0 Å². The highest BCUT2D eigenvalue weighted by Gasteiger charge is 2.20. The van der Waals surface area contributed by atoms with Gasteiger partial charge in [-0.25, -0.2) is 0 Å². The summed E-state index contributed by atoms with van der Waals surface area (Å²) in [7, 11) is 0. The van der Waals surface area contributed by atoms with Gasteiger partial charge in [0.05, 0.1) is 11.0 Å². The first kappa shape index (κ1) is 28.1. The van der Waals surface area contributed by atoms with Crippen LogP contribution in [0.2, 0.25) is 0 Å². The van der Waals surface area contributed by atoms with Crippen molar-refractivity contribution in [3.8, 4) is 27.9 Å². The molecule has 9 rings (SSSR count). The lowest BCUT2D eigenvalue weighted by atomic mass is 9.81. The van der Waals surface area contributed by atoms with Crippen molar-refractivity contribution in [1.29, 1.82) is 0 Å². The van der Waals surface area contributed by atoms with Gasteiger partial charge < -0.3 is 4.57 Å². The van der Waals surface area contributed by atoms with Crippen LogP contribution in [0, 0.1) is 0 Å². The molecule has 0 amide bonds. The predicted molar refractivity (Wildman–Crippen MR) is 203 cm³/mol. The lowest BCUT2D eigenvalue weighted by Gasteiger charge is -2.22. The van der Waals surface area contributed by atoms with Crippen LogP contribution in [0.1, 0.15) is 22.6 Å². The Morgan fingerprint density at radius 2 is 0.917 bits per heavy atom. The minimum absolute atomic E-state index is 0.0698. The number of benzene rings is 8. The molecule has 8 aromatic carbocycles. The fourth-order valence-electron chi connectivity index (χ4n) is 7.46. The van der Waals surface area contributed by atoms with E-state index in [4.69, 9.17) is 0 Å². The molecule has 0 saturated carbocycles. The van der Waals surface area contributed by atoms with Crippen LogP contribution in [-0.2, 0) is 0 Å². The maximum Gasteiger partial charge on any atom is 0.0547 e. The van der Waals surface area contributed by atoms with Gasteiger partial charge in [-0.15, -0.1) is 0 Å². The van der Waals surface area contributed by atoms with Crippen LogP contribution >= 0.6 is 0 Å². The molecule has 9 aromatic rings. The van der Waals surface area contributed by atoms with Crippen LogP contribution in [-0.4, -0.2) is 4.57 Å². The van der Waals surface area contributed by atoms with E-state index in [1.807, 2.05) is 0 Å². The summed E-state index contributed by atoms with van der Waals surface area (Å²) in [5.74, 6) is 0.0698. The highest BCUT2D eigenvalue weighted by Crippen LogP contribution is 2.40. The molecule has 0 bridgehead atoms. The Kier molecular flexibility index (Phi) is 6.95. The van der Waals surface area contributed by atoms with Crippen molar-refractivity contribution in [2.75, 3.05) is 0 Å². The van der Waals surface area contributed by atoms with Gasteiger partial charge >= 0.3 is 0 Å². The predicted octanol–water partition coefficient (Wildman–Crippen LogP) is 12.5. The zero-order chi connectivity index (χ0) is 31.9. The van der Waals surface area contributed by atoms with Crippen LogP contribution in [0.4, 0.5) is 0 Å². The van der Waals surface area contributed by atoms with Crippen molar-refractivity contribution in [3.05, 3.63) is 211 Å². The topological polar surface area (TPSA) is 4.93 Å². The molecule has 1 aromatic heterocycles. The van der Waals surface area contributed by atoms with E-state index in [-0.39, 0.29) is 5.92 Å². The molecule has 1 atom stereocenters. The number of nitrogens with zero attached hydrogens (tertiary/aromatic N) is 1. The van der Waals surface area contributed by atoms with Gasteiger partial charge in [-0.05, 0) is 74.0 Å². The van der Waals surface area contributed by atoms with E-state index in [9.17, 15) is 0 Å². The van der Waals surface area contributed by atoms with Crippen molar-refractivity contribution in [1.82, 2.24) is 4.57 Å². The summed E-state index contributed by atoms with van der Waals surface area (Å²) in [6.07, 6.45) is 0. The lowest BCUT2D eigenvalue weighted by molar-refractivity contribution is 0.990. The average Bonchev–Trinajstić information content (AvgIpc) is 3.50. The molecule has 0 N–H and O–H groups in total. The third kappa shape index (κ3) is 4.89. The zero-order valence-electron chi connectivity index (χ0n) is 26.5. The molecule has 48 heavy (non-hydrogen) atoms. The second-order valence-electron chi connectivity index (χ2n) is 12.5. The van der Waals surface area contributed by atoms with E-state index in [2.05, 4.69) is 199 Å². The summed E-state index contributed by atoms with van der Waals surface area (Å²) in [6, 6.07) is 70.8. The number of aromatic nitrogens is 1. The summed E-state index contributed by atoms with van der Waals surface area (Å²) < 4.78 is 2.39. The van der Waals surface area contributed by atoms with Gasteiger partial charge in [0.25, 0.3) is 0 Å². The summed E-state index contributed by atoms with van der Waals surface area (Å²) >= 11 is 0. The second-order valence-corrected chi connectivity index (χ2v) is 12.5. The lowest BCUT2D eigenvalue weighted by Crippen LogP contribution is -2.04. The molecular weight excluding hydrogens is 579 g/mol. The van der Waals surface area contributed by atoms with Crippen LogP contribution in [0.5, 0.6) is 0 Å². The molecule has 0 spiro atoms. The Balaban J connectivity index is 1.21. The van der Waals surface area contributed by atoms with Crippen molar-refractivity contribution in [2.45, 2.75) is 5.92 Å². The van der Waals surface area contributed by atoms with Gasteiger partial charge in [0, 0.05) is 22.4 Å². The number of fused-ring (bicyclic) bond motifs is 4. The van der Waals surface area contributed by atoms with Crippen LogP contribution in [0.3, 0.4) is 0 Å². The summed E-state index contributed by atoms with van der Waals surface area (Å²) in [4.78, 5) is 0. The average molecular weight is 612 g/mol. The minimum atomic E-state index is 0.0698. The third-order valence-electron chi connectivity index (χ3n) is 9.73. The van der Waals surface area contributed by atoms with Gasteiger partial charge in [-0.1, -0.05) is 170 Å². The van der Waals surface area contributed by atoms with Crippen LogP contribution in [0.25, 0.3) is 60.5 Å². The Morgan fingerprint density at radius 1 is 0.333 bits per heavy atom. The summed E-state index contributed by atoms with van der Waals surface area (Å²) in [5, 5.41) is 5.08. The molecular formula is C47H33N. The van der Waals surface area contributed by atoms with Crippen molar-refractivity contribution >= 4 is 32.6 Å². The third-order valence-corrected chi connectivity index (χ3v) is 9.73. The summed E-state index contributed by atoms with van der Waals surface area (Å²) in [5.41, 5.74) is 12.4. The molecule has 1 unspecified atom stereocenters. The molecule has 1 heteroatoms. The van der Waals surface area contributed by atoms with Crippen LogP contribution in [0.15, 0.2) is 194 Å². The molecule has 0 aliphatic carbocycles. The minimum Gasteiger partial charge on any atom is -0.309 e. The van der Waals surface area contributed by atoms with Gasteiger partial charge in [-0.3, -0.25) is 0 Å². The maximum atomic E-state index is 2.40. The van der Waals surface area contributed by atoms with Crippen molar-refractivity contribution < 1.29 is 0 Å². The smallest absolute Gasteiger partial charge is 0.0547 e. The Hall–Kier alpha value is -6.18. The first-order valence-corrected chi connectivity index (χ1v) is 16.6. The molecule has 1 nitrogen and oxygen atoms in total. The first-order valence-electron chi connectivity index (χ1n) is 16.6. The van der Waals surface area contributed by atoms with E-state index in [1.54, 1.807) is 0 Å². The fourth-order valence-corrected chi connectivity index (χ4v) is 7.46. The van der Waals surface area contributed by atoms with Crippen molar-refractivity contribution in [3.63, 3.8) is 0 Å². The van der Waals surface area contributed by atoms with E-state index in [1.165, 1.54) is 77.2 Å². The van der Waals surface area contributed by atoms with Gasteiger partial charge in [-0.2, -0.15) is 0 Å². The van der Waals surface area contributed by atoms with Gasteiger partial charge in [0.2, 0.25) is 0 Å². The van der Waals surface area contributed by atoms with E-state index >= 15 is 0 Å². The zero-order valence-corrected chi connectivity index (χ0v) is 26.5. The van der Waals surface area contributed by atoms with E-state index in [0.717, 1.165) is 0 Å². The molecule has 0 fully saturated rings. The fraction of sp³-hybridized carbons (Fsp3) is 0.0213. The highest BCUT2D eigenvalue weighted by molar-refractivity contribution is 6.10. The standard InChI is InChI=1S/C47H33N/c1-3-13-33(14-4-1)34-25-27-36(28-26-34)47(44-23-12-16-35-15-7-8-21-41(35)44)39-18-11-17-37(31-39)38-29-30-43-42-22-9-10-24-45(42)48(46(43)32-38)40-19-5-2-6-20-40/h1-32,47H. The number of para-hydroxylation sites is 2. The largest absolute Gasteiger partial charge is 0.309 e. The quantitative estimate of drug-likeness (QED) is 0.165. The monoisotopic (exact) mass is 611 g/mol. The number of hydrogen-bond donors (Lipinski definition) is 0. The maximum absolute atomic E-state index is 2.40. The Labute approximate surface area is 281 Å². The van der Waals surface area contributed by atoms with Crippen LogP contribution < -0.4 is 0 Å². The SMILES string of the molecule is c1ccc(-c2ccc(C(c3cccc(-c4ccc5c6ccccc6n(-c6ccccc6)c5c4)c3)c3cccc4ccccc34)cc2)cc1. The Morgan fingerprint density at radius 3 is 1.75 bits per heavy atom. The number of hydrogen-bond acceptors (Lipinski definition) is 0. The second kappa shape index (κ2) is 11.9. The van der Waals surface area contributed by atoms with E-state index in [0.29, 0.717) is 0 Å². The highest BCUT2D eigenvalue weighted by atomic mass is 15.0. The van der Waals surface area contributed by atoms with E-state index < -0.39 is 0 Å². The molecule has 0 radical (unpaired) electrons.